The van der Waals surface area contributed by atoms with Crippen molar-refractivity contribution in [1.29, 1.82) is 0 Å². The van der Waals surface area contributed by atoms with Crippen LogP contribution in [-0.4, -0.2) is 52.8 Å². The van der Waals surface area contributed by atoms with E-state index < -0.39 is 0 Å². The van der Waals surface area contributed by atoms with Crippen molar-refractivity contribution in [3.8, 4) is 5.75 Å². The van der Waals surface area contributed by atoms with Gasteiger partial charge in [0.05, 0.1) is 6.20 Å². The van der Waals surface area contributed by atoms with Crippen LogP contribution >= 0.6 is 0 Å². The normalized spacial score (nSPS) is 10.9. The van der Waals surface area contributed by atoms with Crippen LogP contribution in [0.3, 0.4) is 0 Å². The maximum atomic E-state index is 12.4. The van der Waals surface area contributed by atoms with Gasteiger partial charge in [0.15, 0.2) is 0 Å². The summed E-state index contributed by atoms with van der Waals surface area (Å²) in [6.07, 6.45) is 3.42. The number of carbonyl (C=O) groups excluding carboxylic acids is 1. The SMILES string of the molecule is Cc1cnn(C(=O)N(C)CCN(C)Cc2cccc(OCc3ccccc3)c2)c1. The van der Waals surface area contributed by atoms with E-state index in [1.165, 1.54) is 10.2 Å². The summed E-state index contributed by atoms with van der Waals surface area (Å²) in [6, 6.07) is 18.2. The van der Waals surface area contributed by atoms with Crippen molar-refractivity contribution in [2.45, 2.75) is 20.1 Å². The fraction of sp³-hybridized carbons (Fsp3) is 0.304. The van der Waals surface area contributed by atoms with E-state index in [4.69, 9.17) is 4.74 Å². The molecule has 29 heavy (non-hydrogen) atoms. The summed E-state index contributed by atoms with van der Waals surface area (Å²) in [4.78, 5) is 16.2. The predicted octanol–water partition coefficient (Wildman–Crippen LogP) is 3.80. The van der Waals surface area contributed by atoms with E-state index in [9.17, 15) is 4.79 Å². The Morgan fingerprint density at radius 1 is 1.03 bits per heavy atom. The summed E-state index contributed by atoms with van der Waals surface area (Å²) in [7, 11) is 3.85. The van der Waals surface area contributed by atoms with Crippen molar-refractivity contribution in [2.75, 3.05) is 27.2 Å². The van der Waals surface area contributed by atoms with E-state index in [-0.39, 0.29) is 6.03 Å². The summed E-state index contributed by atoms with van der Waals surface area (Å²) < 4.78 is 7.29. The van der Waals surface area contributed by atoms with Gasteiger partial charge in [0, 0.05) is 32.9 Å². The fourth-order valence-electron chi connectivity index (χ4n) is 2.97. The van der Waals surface area contributed by atoms with Crippen LogP contribution in [0.1, 0.15) is 16.7 Å². The molecule has 1 aromatic heterocycles. The zero-order valence-electron chi connectivity index (χ0n) is 17.3. The van der Waals surface area contributed by atoms with Gasteiger partial charge in [-0.15, -0.1) is 0 Å². The highest BCUT2D eigenvalue weighted by atomic mass is 16.5. The maximum Gasteiger partial charge on any atom is 0.344 e. The van der Waals surface area contributed by atoms with Crippen molar-refractivity contribution < 1.29 is 9.53 Å². The highest BCUT2D eigenvalue weighted by Gasteiger charge is 2.12. The lowest BCUT2D eigenvalue weighted by Gasteiger charge is -2.22. The average molecular weight is 393 g/mol. The minimum absolute atomic E-state index is 0.122. The Balaban J connectivity index is 1.47. The first kappa shape index (κ1) is 20.6. The number of benzene rings is 2. The molecule has 3 rings (SSSR count). The third-order valence-corrected chi connectivity index (χ3v) is 4.65. The van der Waals surface area contributed by atoms with Gasteiger partial charge in [-0.2, -0.15) is 9.78 Å². The van der Waals surface area contributed by atoms with Gasteiger partial charge in [0.25, 0.3) is 0 Å². The molecule has 0 N–H and O–H groups in total. The topological polar surface area (TPSA) is 50.6 Å². The van der Waals surface area contributed by atoms with E-state index in [2.05, 4.69) is 34.3 Å². The molecule has 0 aliphatic rings. The maximum absolute atomic E-state index is 12.4. The van der Waals surface area contributed by atoms with E-state index >= 15 is 0 Å². The zero-order chi connectivity index (χ0) is 20.6. The minimum atomic E-state index is -0.122. The highest BCUT2D eigenvalue weighted by Crippen LogP contribution is 2.16. The highest BCUT2D eigenvalue weighted by molar-refractivity contribution is 5.75. The van der Waals surface area contributed by atoms with Gasteiger partial charge >= 0.3 is 6.03 Å². The first-order valence-corrected chi connectivity index (χ1v) is 9.72. The summed E-state index contributed by atoms with van der Waals surface area (Å²) in [5.74, 6) is 0.862. The van der Waals surface area contributed by atoms with Gasteiger partial charge < -0.3 is 14.5 Å². The molecule has 0 saturated carbocycles. The molecule has 1 amide bonds. The number of hydrogen-bond donors (Lipinski definition) is 0. The Hall–Kier alpha value is -3.12. The molecule has 6 nitrogen and oxygen atoms in total. The van der Waals surface area contributed by atoms with Gasteiger partial charge in [0.1, 0.15) is 12.4 Å². The minimum Gasteiger partial charge on any atom is -0.489 e. The van der Waals surface area contributed by atoms with Crippen LogP contribution in [0.5, 0.6) is 5.75 Å². The summed E-state index contributed by atoms with van der Waals surface area (Å²) >= 11 is 0. The van der Waals surface area contributed by atoms with Gasteiger partial charge in [-0.25, -0.2) is 4.79 Å². The Morgan fingerprint density at radius 3 is 2.52 bits per heavy atom. The molecule has 0 saturated heterocycles. The Labute approximate surface area is 172 Å². The van der Waals surface area contributed by atoms with Gasteiger partial charge in [0.2, 0.25) is 0 Å². The van der Waals surface area contributed by atoms with Crippen LogP contribution in [0.25, 0.3) is 0 Å². The number of likely N-dealkylation sites (N-methyl/N-ethyl adjacent to an activating group) is 2. The van der Waals surface area contributed by atoms with Crippen molar-refractivity contribution in [3.05, 3.63) is 83.7 Å². The van der Waals surface area contributed by atoms with Crippen LogP contribution in [0.2, 0.25) is 0 Å². The van der Waals surface area contributed by atoms with E-state index in [0.717, 1.165) is 30.0 Å². The quantitative estimate of drug-likeness (QED) is 0.585. The number of aryl methyl sites for hydroxylation is 1. The smallest absolute Gasteiger partial charge is 0.344 e. The fourth-order valence-corrected chi connectivity index (χ4v) is 2.97. The molecule has 0 aliphatic heterocycles. The molecule has 0 atom stereocenters. The lowest BCUT2D eigenvalue weighted by Crippen LogP contribution is -2.37. The van der Waals surface area contributed by atoms with Crippen molar-refractivity contribution >= 4 is 6.03 Å². The lowest BCUT2D eigenvalue weighted by molar-refractivity contribution is 0.198. The molecule has 0 unspecified atom stereocenters. The third kappa shape index (κ3) is 6.19. The molecule has 152 valence electrons. The number of nitrogens with zero attached hydrogens (tertiary/aromatic N) is 4. The number of aromatic nitrogens is 2. The Bertz CT molecular complexity index is 923. The van der Waals surface area contributed by atoms with Gasteiger partial charge in [-0.3, -0.25) is 0 Å². The molecular formula is C23H28N4O2. The number of amides is 1. The second kappa shape index (κ2) is 9.89. The molecule has 0 fully saturated rings. The van der Waals surface area contributed by atoms with Crippen molar-refractivity contribution in [1.82, 2.24) is 19.6 Å². The second-order valence-electron chi connectivity index (χ2n) is 7.33. The second-order valence-corrected chi connectivity index (χ2v) is 7.33. The monoisotopic (exact) mass is 392 g/mol. The van der Waals surface area contributed by atoms with Crippen LogP contribution in [0.15, 0.2) is 67.0 Å². The largest absolute Gasteiger partial charge is 0.489 e. The van der Waals surface area contributed by atoms with Gasteiger partial charge in [-0.1, -0.05) is 42.5 Å². The standard InChI is InChI=1S/C23H28N4O2/c1-19-15-24-27(16-19)23(28)26(3)13-12-25(2)17-21-10-7-11-22(14-21)29-18-20-8-5-4-6-9-20/h4-11,14-16H,12-13,17-18H2,1-3H3. The van der Waals surface area contributed by atoms with Gasteiger partial charge in [-0.05, 0) is 42.8 Å². The Kier molecular flexibility index (Phi) is 7.03. The molecule has 6 heteroatoms. The first-order chi connectivity index (χ1) is 14.0. The molecule has 0 aliphatic carbocycles. The van der Waals surface area contributed by atoms with E-state index in [1.807, 2.05) is 44.3 Å². The summed E-state index contributed by atoms with van der Waals surface area (Å²) in [6.45, 7) is 4.64. The summed E-state index contributed by atoms with van der Waals surface area (Å²) in [5.41, 5.74) is 3.29. The average Bonchev–Trinajstić information content (AvgIpc) is 3.17. The molecule has 0 bridgehead atoms. The van der Waals surface area contributed by atoms with Crippen LogP contribution in [0.4, 0.5) is 4.79 Å². The lowest BCUT2D eigenvalue weighted by atomic mass is 10.2. The van der Waals surface area contributed by atoms with Crippen molar-refractivity contribution in [2.24, 2.45) is 0 Å². The van der Waals surface area contributed by atoms with Crippen LogP contribution in [0, 0.1) is 6.92 Å². The van der Waals surface area contributed by atoms with Crippen LogP contribution < -0.4 is 4.74 Å². The molecule has 0 spiro atoms. The first-order valence-electron chi connectivity index (χ1n) is 9.72. The molecule has 2 aromatic carbocycles. The molecular weight excluding hydrogens is 364 g/mol. The molecule has 0 radical (unpaired) electrons. The molecule has 1 heterocycles. The third-order valence-electron chi connectivity index (χ3n) is 4.65. The van der Waals surface area contributed by atoms with Crippen LogP contribution in [-0.2, 0) is 13.2 Å². The summed E-state index contributed by atoms with van der Waals surface area (Å²) in [5, 5.41) is 4.08. The van der Waals surface area contributed by atoms with Crippen molar-refractivity contribution in [3.63, 3.8) is 0 Å². The Morgan fingerprint density at radius 2 is 1.79 bits per heavy atom. The number of hydrogen-bond acceptors (Lipinski definition) is 4. The molecule has 3 aromatic rings. The zero-order valence-corrected chi connectivity index (χ0v) is 17.3. The number of rotatable bonds is 8. The predicted molar refractivity (Wildman–Crippen MR) is 114 cm³/mol. The number of carbonyl (C=O) groups is 1. The number of ether oxygens (including phenoxy) is 1. The van der Waals surface area contributed by atoms with E-state index in [1.54, 1.807) is 24.3 Å². The van der Waals surface area contributed by atoms with E-state index in [0.29, 0.717) is 13.2 Å².